The van der Waals surface area contributed by atoms with Crippen molar-refractivity contribution in [2.24, 2.45) is 11.8 Å². The Hall–Kier alpha value is -6.92. The van der Waals surface area contributed by atoms with Crippen molar-refractivity contribution in [2.75, 3.05) is 0 Å². The minimum Gasteiger partial charge on any atom is -0.271 e. The fourth-order valence-corrected chi connectivity index (χ4v) is 7.73. The Bertz CT molecular complexity index is 2270. The van der Waals surface area contributed by atoms with Gasteiger partial charge in [-0.05, 0) is 70.5 Å². The molecule has 272 valence electrons. The predicted octanol–water partition coefficient (Wildman–Crippen LogP) is 10.1. The van der Waals surface area contributed by atoms with Gasteiger partial charge in [0, 0.05) is 23.9 Å². The van der Waals surface area contributed by atoms with Gasteiger partial charge in [0.1, 0.15) is 0 Å². The third-order valence-electron chi connectivity index (χ3n) is 11.0. The molecule has 0 unspecified atom stereocenters. The molecule has 2 heterocycles. The van der Waals surface area contributed by atoms with Crippen LogP contribution in [0.3, 0.4) is 0 Å². The van der Waals surface area contributed by atoms with Gasteiger partial charge in [0.2, 0.25) is 0 Å². The third-order valence-corrected chi connectivity index (χ3v) is 11.0. The molecule has 2 aliphatic carbocycles. The Morgan fingerprint density at radius 3 is 0.964 bits per heavy atom. The lowest BCUT2D eigenvalue weighted by Crippen LogP contribution is -2.32. The number of fused-ring (bicyclic) bond motifs is 2. The van der Waals surface area contributed by atoms with Crippen LogP contribution in [0.4, 0.5) is 0 Å². The average molecular weight is 731 g/mol. The van der Waals surface area contributed by atoms with Crippen molar-refractivity contribution in [1.82, 2.24) is 9.80 Å². The van der Waals surface area contributed by atoms with Gasteiger partial charge in [0.15, 0.2) is 0 Å². The van der Waals surface area contributed by atoms with E-state index < -0.39 is 0 Å². The first-order valence-corrected chi connectivity index (χ1v) is 19.1. The molecule has 4 atom stereocenters. The Morgan fingerprint density at radius 2 is 0.643 bits per heavy atom. The van der Waals surface area contributed by atoms with Crippen molar-refractivity contribution in [1.29, 1.82) is 0 Å². The van der Waals surface area contributed by atoms with E-state index in [9.17, 15) is 19.2 Å². The van der Waals surface area contributed by atoms with Gasteiger partial charge in [-0.3, -0.25) is 29.0 Å². The maximum Gasteiger partial charge on any atom is 0.261 e. The zero-order valence-electron chi connectivity index (χ0n) is 30.6. The van der Waals surface area contributed by atoms with Gasteiger partial charge in [-0.25, -0.2) is 0 Å². The fraction of sp³-hybridized carbons (Fsp3) is 0.120. The summed E-state index contributed by atoms with van der Waals surface area (Å²) in [5, 5.41) is 0. The van der Waals surface area contributed by atoms with Crippen LogP contribution in [0.2, 0.25) is 0 Å². The van der Waals surface area contributed by atoms with Crippen LogP contribution in [-0.2, 0) is 0 Å². The number of carbonyl (C=O) groups is 4. The smallest absolute Gasteiger partial charge is 0.261 e. The quantitative estimate of drug-likeness (QED) is 0.146. The molecule has 2 fully saturated rings. The summed E-state index contributed by atoms with van der Waals surface area (Å²) in [5.74, 6) is -0.170. The first-order valence-electron chi connectivity index (χ1n) is 19.1. The van der Waals surface area contributed by atoms with E-state index in [0.29, 0.717) is 22.3 Å². The molecule has 4 amide bonds. The van der Waals surface area contributed by atoms with Gasteiger partial charge >= 0.3 is 0 Å². The second kappa shape index (κ2) is 14.7. The van der Waals surface area contributed by atoms with E-state index >= 15 is 0 Å². The van der Waals surface area contributed by atoms with Crippen LogP contribution < -0.4 is 0 Å². The van der Waals surface area contributed by atoms with Gasteiger partial charge in [-0.2, -0.15) is 0 Å². The van der Waals surface area contributed by atoms with E-state index in [-0.39, 0.29) is 47.5 Å². The molecular weight excluding hydrogens is 693 g/mol. The molecule has 10 rings (SSSR count). The minimum atomic E-state index is -0.159. The van der Waals surface area contributed by atoms with Crippen LogP contribution >= 0.6 is 0 Å². The number of nitrogens with zero attached hydrogens (tertiary/aromatic N) is 2. The fourth-order valence-electron chi connectivity index (χ4n) is 7.73. The normalized spacial score (nSPS) is 20.6. The molecule has 6 aromatic carbocycles. The number of imide groups is 2. The van der Waals surface area contributed by atoms with Crippen LogP contribution in [-0.4, -0.2) is 45.5 Å². The van der Waals surface area contributed by atoms with E-state index in [4.69, 9.17) is 0 Å². The summed E-state index contributed by atoms with van der Waals surface area (Å²) in [5.41, 5.74) is 9.12. The molecule has 0 N–H and O–H groups in total. The molecule has 6 heteroatoms. The van der Waals surface area contributed by atoms with E-state index in [0.717, 1.165) is 24.0 Å². The van der Waals surface area contributed by atoms with Crippen LogP contribution in [0.15, 0.2) is 170 Å². The van der Waals surface area contributed by atoms with Gasteiger partial charge in [-0.15, -0.1) is 0 Å². The highest BCUT2D eigenvalue weighted by atomic mass is 16.2. The van der Waals surface area contributed by atoms with E-state index in [2.05, 4.69) is 97.1 Å². The summed E-state index contributed by atoms with van der Waals surface area (Å²) < 4.78 is 0. The Balaban J connectivity index is 0.000000146. The van der Waals surface area contributed by atoms with E-state index in [1.807, 2.05) is 36.4 Å². The zero-order valence-corrected chi connectivity index (χ0v) is 30.6. The zero-order chi connectivity index (χ0) is 38.2. The molecule has 6 aromatic rings. The third kappa shape index (κ3) is 6.82. The summed E-state index contributed by atoms with van der Waals surface area (Å²) in [7, 11) is 0. The molecule has 0 radical (unpaired) electrons. The number of hydrogen-bond donors (Lipinski definition) is 0. The SMILES string of the molecule is O=C1c2ccccc2C(=O)N1[C@@H]1C[C@@H]1/C=C/c1ccc(-c2ccccc2)cc1.O=C1c2ccccc2C(=O)N1[C@@H]1C[C@@H]1/C=C/c1ccc(-c2ccccc2)cc1. The molecular formula is C50H38N2O4. The maximum absolute atomic E-state index is 12.6. The highest BCUT2D eigenvalue weighted by molar-refractivity contribution is 6.22. The number of benzene rings is 6. The van der Waals surface area contributed by atoms with Gasteiger partial charge < -0.3 is 0 Å². The predicted molar refractivity (Wildman–Crippen MR) is 219 cm³/mol. The standard InChI is InChI=1S/2C25H19NO2/c2*27-24-21-8-4-5-9-22(21)25(28)26(24)23-16-20(23)15-12-17-10-13-19(14-11-17)18-6-2-1-3-7-18/h2*1-15,20,23H,16H2/b2*15-12+/t2*20-,23+/m00/s1. The minimum absolute atomic E-state index is 0.0211. The molecule has 6 nitrogen and oxygen atoms in total. The van der Waals surface area contributed by atoms with Crippen LogP contribution in [0.1, 0.15) is 65.4 Å². The first-order chi connectivity index (χ1) is 27.4. The number of carbonyl (C=O) groups excluding carboxylic acids is 4. The summed E-state index contributed by atoms with van der Waals surface area (Å²) >= 11 is 0. The lowest BCUT2D eigenvalue weighted by atomic mass is 10.0. The van der Waals surface area contributed by atoms with Crippen LogP contribution in [0, 0.1) is 11.8 Å². The molecule has 0 aromatic heterocycles. The molecule has 56 heavy (non-hydrogen) atoms. The van der Waals surface area contributed by atoms with Gasteiger partial charge in [-0.1, -0.05) is 158 Å². The van der Waals surface area contributed by atoms with Crippen molar-refractivity contribution in [2.45, 2.75) is 24.9 Å². The number of hydrogen-bond acceptors (Lipinski definition) is 4. The van der Waals surface area contributed by atoms with E-state index in [1.165, 1.54) is 32.1 Å². The Morgan fingerprint density at radius 1 is 0.357 bits per heavy atom. The highest BCUT2D eigenvalue weighted by Gasteiger charge is 2.50. The van der Waals surface area contributed by atoms with Gasteiger partial charge in [0.25, 0.3) is 23.6 Å². The molecule has 2 aliphatic heterocycles. The van der Waals surface area contributed by atoms with Crippen LogP contribution in [0.5, 0.6) is 0 Å². The molecule has 4 aliphatic rings. The largest absolute Gasteiger partial charge is 0.271 e. The monoisotopic (exact) mass is 730 g/mol. The number of amides is 4. The second-order valence-electron chi connectivity index (χ2n) is 14.7. The summed E-state index contributed by atoms with van der Waals surface area (Å²) in [6, 6.07) is 51.5. The molecule has 0 bridgehead atoms. The highest BCUT2D eigenvalue weighted by Crippen LogP contribution is 2.43. The van der Waals surface area contributed by atoms with Crippen molar-refractivity contribution in [3.05, 3.63) is 203 Å². The molecule has 0 spiro atoms. The molecule has 2 saturated carbocycles. The van der Waals surface area contributed by atoms with Crippen molar-refractivity contribution in [3.63, 3.8) is 0 Å². The molecule has 0 saturated heterocycles. The van der Waals surface area contributed by atoms with Crippen LogP contribution in [0.25, 0.3) is 34.4 Å². The summed E-state index contributed by atoms with van der Waals surface area (Å²) in [6.07, 6.45) is 10.1. The first kappa shape index (κ1) is 34.8. The number of rotatable bonds is 8. The summed E-state index contributed by atoms with van der Waals surface area (Å²) in [6.45, 7) is 0. The maximum atomic E-state index is 12.6. The topological polar surface area (TPSA) is 74.8 Å². The lowest BCUT2D eigenvalue weighted by molar-refractivity contribution is 0.0622. The second-order valence-corrected chi connectivity index (χ2v) is 14.7. The lowest BCUT2D eigenvalue weighted by Gasteiger charge is -2.12. The van der Waals surface area contributed by atoms with Crippen molar-refractivity contribution >= 4 is 35.8 Å². The average Bonchev–Trinajstić information content (AvgIpc) is 4.17. The van der Waals surface area contributed by atoms with Crippen molar-refractivity contribution in [3.8, 4) is 22.3 Å². The summed E-state index contributed by atoms with van der Waals surface area (Å²) in [4.78, 5) is 53.1. The Kier molecular flexibility index (Phi) is 9.16. The van der Waals surface area contributed by atoms with Gasteiger partial charge in [0.05, 0.1) is 22.3 Å². The van der Waals surface area contributed by atoms with E-state index in [1.54, 1.807) is 48.5 Å². The van der Waals surface area contributed by atoms with Crippen molar-refractivity contribution < 1.29 is 19.2 Å². The Labute approximate surface area is 326 Å².